The van der Waals surface area contributed by atoms with Gasteiger partial charge in [-0.25, -0.2) is 0 Å². The Labute approximate surface area is 136 Å². The normalized spacial score (nSPS) is 20.3. The lowest BCUT2D eigenvalue weighted by molar-refractivity contribution is -0.139. The predicted molar refractivity (Wildman–Crippen MR) is 84.4 cm³/mol. The van der Waals surface area contributed by atoms with Crippen molar-refractivity contribution in [3.63, 3.8) is 0 Å². The van der Waals surface area contributed by atoms with E-state index >= 15 is 0 Å². The van der Waals surface area contributed by atoms with E-state index in [1.807, 2.05) is 21.9 Å². The molecule has 1 spiro atoms. The number of aromatic nitrogens is 1. The molecule has 6 nitrogen and oxygen atoms in total. The molecule has 2 aliphatic rings. The maximum atomic E-state index is 12.4. The van der Waals surface area contributed by atoms with Gasteiger partial charge in [0.25, 0.3) is 0 Å². The Morgan fingerprint density at radius 2 is 1.96 bits per heavy atom. The molecule has 23 heavy (non-hydrogen) atoms. The molecule has 6 heteroatoms. The maximum absolute atomic E-state index is 12.4. The van der Waals surface area contributed by atoms with Gasteiger partial charge in [0.2, 0.25) is 11.8 Å². The Kier molecular flexibility index (Phi) is 4.61. The predicted octanol–water partition coefficient (Wildman–Crippen LogP) is 1.21. The average molecular weight is 317 g/mol. The standard InChI is InChI=1S/C17H23N3O3/c1-23-13-16(22)19-10-6-17(7-11-19)5-2-15(21)20(17)12-14-3-8-18-9-4-14/h3-4,8-9H,2,5-7,10-13H2,1H3. The fourth-order valence-corrected chi connectivity index (χ4v) is 3.71. The summed E-state index contributed by atoms with van der Waals surface area (Å²) in [6.07, 6.45) is 6.71. The summed E-state index contributed by atoms with van der Waals surface area (Å²) >= 11 is 0. The number of hydrogen-bond acceptors (Lipinski definition) is 4. The van der Waals surface area contributed by atoms with Crippen molar-refractivity contribution in [3.05, 3.63) is 30.1 Å². The van der Waals surface area contributed by atoms with E-state index in [4.69, 9.17) is 4.74 Å². The van der Waals surface area contributed by atoms with Crippen molar-refractivity contribution in [1.29, 1.82) is 0 Å². The van der Waals surface area contributed by atoms with Gasteiger partial charge in [0.1, 0.15) is 6.61 Å². The van der Waals surface area contributed by atoms with E-state index in [-0.39, 0.29) is 24.0 Å². The molecule has 2 fully saturated rings. The van der Waals surface area contributed by atoms with Gasteiger partial charge in [0.05, 0.1) is 0 Å². The number of ether oxygens (including phenoxy) is 1. The van der Waals surface area contributed by atoms with Crippen LogP contribution in [0.4, 0.5) is 0 Å². The van der Waals surface area contributed by atoms with Crippen LogP contribution >= 0.6 is 0 Å². The smallest absolute Gasteiger partial charge is 0.248 e. The Hall–Kier alpha value is -1.95. The zero-order chi connectivity index (χ0) is 16.3. The van der Waals surface area contributed by atoms with Gasteiger partial charge in [-0.3, -0.25) is 14.6 Å². The maximum Gasteiger partial charge on any atom is 0.248 e. The molecule has 0 aliphatic carbocycles. The van der Waals surface area contributed by atoms with Crippen molar-refractivity contribution >= 4 is 11.8 Å². The van der Waals surface area contributed by atoms with Gasteiger partial charge in [-0.15, -0.1) is 0 Å². The third-order valence-corrected chi connectivity index (χ3v) is 5.08. The lowest BCUT2D eigenvalue weighted by Crippen LogP contribution is -2.54. The number of amides is 2. The Morgan fingerprint density at radius 1 is 1.26 bits per heavy atom. The van der Waals surface area contributed by atoms with Gasteiger partial charge in [0.15, 0.2) is 0 Å². The summed E-state index contributed by atoms with van der Waals surface area (Å²) in [5.41, 5.74) is 1.01. The zero-order valence-corrected chi connectivity index (χ0v) is 13.5. The van der Waals surface area contributed by atoms with Crippen LogP contribution in [0, 0.1) is 0 Å². The van der Waals surface area contributed by atoms with Crippen LogP contribution in [0.25, 0.3) is 0 Å². The van der Waals surface area contributed by atoms with Crippen LogP contribution in [-0.2, 0) is 20.9 Å². The molecule has 124 valence electrons. The number of nitrogens with zero attached hydrogens (tertiary/aromatic N) is 3. The number of carbonyl (C=O) groups is 2. The molecule has 0 radical (unpaired) electrons. The fourth-order valence-electron chi connectivity index (χ4n) is 3.71. The number of likely N-dealkylation sites (tertiary alicyclic amines) is 2. The number of hydrogen-bond donors (Lipinski definition) is 0. The van der Waals surface area contributed by atoms with E-state index in [0.717, 1.165) is 24.8 Å². The first kappa shape index (κ1) is 15.9. The molecular weight excluding hydrogens is 294 g/mol. The molecule has 2 saturated heterocycles. The molecule has 0 unspecified atom stereocenters. The molecule has 2 aliphatic heterocycles. The summed E-state index contributed by atoms with van der Waals surface area (Å²) in [6, 6.07) is 3.91. The molecule has 0 aromatic carbocycles. The van der Waals surface area contributed by atoms with Crippen molar-refractivity contribution in [1.82, 2.24) is 14.8 Å². The lowest BCUT2D eigenvalue weighted by atomic mass is 9.84. The first-order chi connectivity index (χ1) is 11.1. The highest BCUT2D eigenvalue weighted by Gasteiger charge is 2.47. The second-order valence-corrected chi connectivity index (χ2v) is 6.37. The van der Waals surface area contributed by atoms with E-state index in [0.29, 0.717) is 26.1 Å². The van der Waals surface area contributed by atoms with Crippen LogP contribution in [0.15, 0.2) is 24.5 Å². The third-order valence-electron chi connectivity index (χ3n) is 5.08. The van der Waals surface area contributed by atoms with Crippen LogP contribution in [-0.4, -0.2) is 58.9 Å². The van der Waals surface area contributed by atoms with Gasteiger partial charge >= 0.3 is 0 Å². The van der Waals surface area contributed by atoms with E-state index in [9.17, 15) is 9.59 Å². The van der Waals surface area contributed by atoms with Gasteiger partial charge in [-0.1, -0.05) is 0 Å². The van der Waals surface area contributed by atoms with E-state index in [1.54, 1.807) is 12.4 Å². The quantitative estimate of drug-likeness (QED) is 0.837. The summed E-state index contributed by atoms with van der Waals surface area (Å²) in [6.45, 7) is 2.16. The van der Waals surface area contributed by atoms with Gasteiger partial charge in [-0.05, 0) is 37.0 Å². The monoisotopic (exact) mass is 317 g/mol. The first-order valence-electron chi connectivity index (χ1n) is 8.11. The molecule has 1 aromatic heterocycles. The second-order valence-electron chi connectivity index (χ2n) is 6.37. The molecule has 0 atom stereocenters. The van der Waals surface area contributed by atoms with Gasteiger partial charge in [-0.2, -0.15) is 0 Å². The van der Waals surface area contributed by atoms with Crippen molar-refractivity contribution in [3.8, 4) is 0 Å². The first-order valence-corrected chi connectivity index (χ1v) is 8.11. The van der Waals surface area contributed by atoms with Crippen molar-refractivity contribution in [2.45, 2.75) is 37.8 Å². The Balaban J connectivity index is 1.69. The zero-order valence-electron chi connectivity index (χ0n) is 13.5. The average Bonchev–Trinajstić information content (AvgIpc) is 2.86. The summed E-state index contributed by atoms with van der Waals surface area (Å²) < 4.78 is 4.93. The summed E-state index contributed by atoms with van der Waals surface area (Å²) in [5.74, 6) is 0.255. The molecule has 0 N–H and O–H groups in total. The highest BCUT2D eigenvalue weighted by Crippen LogP contribution is 2.40. The fraction of sp³-hybridized carbons (Fsp3) is 0.588. The molecular formula is C17H23N3O3. The Bertz CT molecular complexity index is 568. The van der Waals surface area contributed by atoms with Gasteiger partial charge < -0.3 is 14.5 Å². The molecule has 1 aromatic rings. The largest absolute Gasteiger partial charge is 0.375 e. The summed E-state index contributed by atoms with van der Waals surface area (Å²) in [4.78, 5) is 32.2. The topological polar surface area (TPSA) is 62.7 Å². The molecule has 2 amide bonds. The van der Waals surface area contributed by atoms with E-state index in [1.165, 1.54) is 7.11 Å². The van der Waals surface area contributed by atoms with Crippen molar-refractivity contribution in [2.75, 3.05) is 26.8 Å². The molecule has 3 heterocycles. The third kappa shape index (κ3) is 3.22. The number of methoxy groups -OCH3 is 1. The van der Waals surface area contributed by atoms with Crippen LogP contribution in [0.1, 0.15) is 31.2 Å². The summed E-state index contributed by atoms with van der Waals surface area (Å²) in [7, 11) is 1.54. The van der Waals surface area contributed by atoms with Crippen LogP contribution < -0.4 is 0 Å². The summed E-state index contributed by atoms with van der Waals surface area (Å²) in [5, 5.41) is 0. The van der Waals surface area contributed by atoms with Crippen LogP contribution in [0.3, 0.4) is 0 Å². The number of carbonyl (C=O) groups excluding carboxylic acids is 2. The minimum absolute atomic E-state index is 0.0346. The van der Waals surface area contributed by atoms with E-state index in [2.05, 4.69) is 4.98 Å². The van der Waals surface area contributed by atoms with E-state index < -0.39 is 0 Å². The molecule has 0 bridgehead atoms. The van der Waals surface area contributed by atoms with Crippen molar-refractivity contribution < 1.29 is 14.3 Å². The van der Waals surface area contributed by atoms with Crippen LogP contribution in [0.5, 0.6) is 0 Å². The number of rotatable bonds is 4. The lowest BCUT2D eigenvalue weighted by Gasteiger charge is -2.45. The number of piperidine rings is 1. The number of pyridine rings is 1. The second kappa shape index (κ2) is 6.66. The minimum Gasteiger partial charge on any atom is -0.375 e. The van der Waals surface area contributed by atoms with Crippen molar-refractivity contribution in [2.24, 2.45) is 0 Å². The Morgan fingerprint density at radius 3 is 2.61 bits per heavy atom. The highest BCUT2D eigenvalue weighted by atomic mass is 16.5. The highest BCUT2D eigenvalue weighted by molar-refractivity contribution is 5.80. The molecule has 3 rings (SSSR count). The molecule has 0 saturated carbocycles. The van der Waals surface area contributed by atoms with Gasteiger partial charge in [0, 0.05) is 51.1 Å². The minimum atomic E-state index is -0.0931. The van der Waals surface area contributed by atoms with Crippen LogP contribution in [0.2, 0.25) is 0 Å². The SMILES string of the molecule is COCC(=O)N1CCC2(CCC(=O)N2Cc2ccncc2)CC1.